The molecule has 0 aliphatic carbocycles. The smallest absolute Gasteiger partial charge is 0.343 e. The van der Waals surface area contributed by atoms with Gasteiger partial charge in [-0.2, -0.15) is 0 Å². The number of esters is 3. The maximum absolute atomic E-state index is 12.3. The van der Waals surface area contributed by atoms with Crippen LogP contribution in [0.2, 0.25) is 0 Å². The van der Waals surface area contributed by atoms with E-state index in [2.05, 4.69) is 9.97 Å². The van der Waals surface area contributed by atoms with Gasteiger partial charge in [-0.1, -0.05) is 0 Å². The SMILES string of the molecule is CC(=O)OC[C@H]1O[C@@H](n2cnc3c(=O)n([N+](=O)[O-])cnc32)[C@H](OC(C)=O)[C@@H]1OC(C)=O. The molecule has 2 aromatic rings. The lowest BCUT2D eigenvalue weighted by Gasteiger charge is -2.23. The molecule has 0 unspecified atom stereocenters. The molecule has 0 bridgehead atoms. The van der Waals surface area contributed by atoms with Crippen molar-refractivity contribution < 1.29 is 38.4 Å². The Balaban J connectivity index is 2.06. The molecule has 1 fully saturated rings. The summed E-state index contributed by atoms with van der Waals surface area (Å²) in [5.41, 5.74) is -1.47. The predicted octanol–water partition coefficient (Wildman–Crippen LogP) is -1.04. The lowest BCUT2D eigenvalue weighted by Crippen LogP contribution is -2.40. The van der Waals surface area contributed by atoms with Crippen molar-refractivity contribution in [1.29, 1.82) is 0 Å². The Morgan fingerprint density at radius 2 is 1.74 bits per heavy atom. The van der Waals surface area contributed by atoms with Gasteiger partial charge in [-0.3, -0.25) is 23.7 Å². The number of fused-ring (bicyclic) bond motifs is 1. The first-order valence-electron chi connectivity index (χ1n) is 8.82. The normalized spacial score (nSPS) is 22.8. The Labute approximate surface area is 172 Å². The largest absolute Gasteiger partial charge is 0.463 e. The predicted molar refractivity (Wildman–Crippen MR) is 95.8 cm³/mol. The fourth-order valence-corrected chi connectivity index (χ4v) is 3.12. The van der Waals surface area contributed by atoms with Crippen LogP contribution in [0.4, 0.5) is 0 Å². The van der Waals surface area contributed by atoms with Gasteiger partial charge < -0.3 is 18.9 Å². The van der Waals surface area contributed by atoms with E-state index in [1.165, 1.54) is 11.5 Å². The van der Waals surface area contributed by atoms with Crippen molar-refractivity contribution in [3.63, 3.8) is 0 Å². The fourth-order valence-electron chi connectivity index (χ4n) is 3.12. The molecule has 15 heteroatoms. The van der Waals surface area contributed by atoms with Crippen LogP contribution in [0.5, 0.6) is 0 Å². The number of nitro groups is 1. The monoisotopic (exact) mass is 439 g/mol. The number of nitrogens with zero attached hydrogens (tertiary/aromatic N) is 5. The van der Waals surface area contributed by atoms with Gasteiger partial charge in [0.2, 0.25) is 0 Å². The van der Waals surface area contributed by atoms with E-state index < -0.39 is 53.0 Å². The molecular weight excluding hydrogens is 422 g/mol. The number of hydrogen-bond donors (Lipinski definition) is 0. The second-order valence-electron chi connectivity index (χ2n) is 6.47. The summed E-state index contributed by atoms with van der Waals surface area (Å²) in [6.45, 7) is 3.11. The summed E-state index contributed by atoms with van der Waals surface area (Å²) in [5.74, 6) is -2.05. The van der Waals surface area contributed by atoms with Crippen LogP contribution in [-0.4, -0.2) is 67.1 Å². The summed E-state index contributed by atoms with van der Waals surface area (Å²) in [5, 5.41) is 9.97. The molecule has 3 heterocycles. The third-order valence-electron chi connectivity index (χ3n) is 4.26. The van der Waals surface area contributed by atoms with Crippen molar-refractivity contribution in [3.8, 4) is 0 Å². The Morgan fingerprint density at radius 3 is 2.32 bits per heavy atom. The molecule has 1 saturated heterocycles. The second-order valence-corrected chi connectivity index (χ2v) is 6.47. The number of rotatable bonds is 6. The highest BCUT2D eigenvalue weighted by atomic mass is 16.7. The molecule has 3 rings (SSSR count). The Morgan fingerprint density at radius 1 is 1.10 bits per heavy atom. The quantitative estimate of drug-likeness (QED) is 0.231. The van der Waals surface area contributed by atoms with E-state index >= 15 is 0 Å². The minimum absolute atomic E-state index is 0.0973. The van der Waals surface area contributed by atoms with Gasteiger partial charge in [0.05, 0.1) is 6.33 Å². The second kappa shape index (κ2) is 8.47. The van der Waals surface area contributed by atoms with Gasteiger partial charge in [-0.15, -0.1) is 0 Å². The standard InChI is InChI=1S/C16H17N5O10/c1-7(22)28-4-10-12(29-8(2)23)13(30-9(3)24)16(31-10)19-5-17-11-14(19)18-6-20(15(11)25)21(26)27/h5-6,10,12-13,16H,4H2,1-3H3/t10-,12-,13-,16-/m1/s1. The van der Waals surface area contributed by atoms with Crippen LogP contribution >= 0.6 is 0 Å². The van der Waals surface area contributed by atoms with E-state index in [9.17, 15) is 29.3 Å². The van der Waals surface area contributed by atoms with Crippen LogP contribution in [0, 0.1) is 10.1 Å². The topological polar surface area (TPSA) is 184 Å². The van der Waals surface area contributed by atoms with Gasteiger partial charge >= 0.3 is 23.5 Å². The van der Waals surface area contributed by atoms with Gasteiger partial charge in [0.25, 0.3) is 0 Å². The van der Waals surface area contributed by atoms with Gasteiger partial charge in [0.15, 0.2) is 41.0 Å². The highest BCUT2D eigenvalue weighted by Crippen LogP contribution is 2.35. The lowest BCUT2D eigenvalue weighted by molar-refractivity contribution is -0.545. The van der Waals surface area contributed by atoms with Crippen molar-refractivity contribution in [2.45, 2.75) is 45.3 Å². The summed E-state index contributed by atoms with van der Waals surface area (Å²) in [4.78, 5) is 65.4. The van der Waals surface area contributed by atoms with Crippen molar-refractivity contribution in [2.24, 2.45) is 0 Å². The fraction of sp³-hybridized carbons (Fsp3) is 0.500. The first kappa shape index (κ1) is 21.8. The molecule has 4 atom stereocenters. The van der Waals surface area contributed by atoms with E-state index in [4.69, 9.17) is 18.9 Å². The molecule has 31 heavy (non-hydrogen) atoms. The molecule has 0 aromatic carbocycles. The highest BCUT2D eigenvalue weighted by Gasteiger charge is 2.51. The Hall–Kier alpha value is -3.88. The van der Waals surface area contributed by atoms with Crippen molar-refractivity contribution in [1.82, 2.24) is 19.2 Å². The zero-order valence-electron chi connectivity index (χ0n) is 16.5. The van der Waals surface area contributed by atoms with Crippen molar-refractivity contribution in [3.05, 3.63) is 33.1 Å². The molecule has 0 N–H and O–H groups in total. The van der Waals surface area contributed by atoms with Crippen molar-refractivity contribution in [2.75, 3.05) is 6.61 Å². The molecule has 0 radical (unpaired) electrons. The molecule has 1 aliphatic rings. The molecule has 15 nitrogen and oxygen atoms in total. The summed E-state index contributed by atoms with van der Waals surface area (Å²) in [6.07, 6.45) is -2.81. The third kappa shape index (κ3) is 4.35. The van der Waals surface area contributed by atoms with Crippen molar-refractivity contribution >= 4 is 29.1 Å². The van der Waals surface area contributed by atoms with Crippen LogP contribution in [0.15, 0.2) is 17.4 Å². The number of hydrogen-bond acceptors (Lipinski definition) is 12. The number of ether oxygens (including phenoxy) is 4. The summed E-state index contributed by atoms with van der Waals surface area (Å²) < 4.78 is 22.7. The van der Waals surface area contributed by atoms with Crippen LogP contribution in [-0.2, 0) is 33.3 Å². The molecule has 1 aliphatic heterocycles. The number of carbonyl (C=O) groups is 3. The molecular formula is C16H17N5O10. The number of imidazole rings is 1. The summed E-state index contributed by atoms with van der Waals surface area (Å²) >= 11 is 0. The molecule has 166 valence electrons. The number of carbonyl (C=O) groups excluding carboxylic acids is 3. The van der Waals surface area contributed by atoms with E-state index in [1.54, 1.807) is 0 Å². The summed E-state index contributed by atoms with van der Waals surface area (Å²) in [7, 11) is 0. The minimum Gasteiger partial charge on any atom is -0.463 e. The summed E-state index contributed by atoms with van der Waals surface area (Å²) in [6, 6.07) is 0. The van der Waals surface area contributed by atoms with E-state index in [0.717, 1.165) is 20.2 Å². The first-order chi connectivity index (χ1) is 14.6. The first-order valence-corrected chi connectivity index (χ1v) is 8.82. The zero-order valence-corrected chi connectivity index (χ0v) is 16.5. The average molecular weight is 439 g/mol. The van der Waals surface area contributed by atoms with Crippen LogP contribution in [0.3, 0.4) is 0 Å². The lowest BCUT2D eigenvalue weighted by atomic mass is 10.1. The van der Waals surface area contributed by atoms with Crippen LogP contribution in [0.25, 0.3) is 11.2 Å². The number of aromatic nitrogens is 4. The minimum atomic E-state index is -1.22. The van der Waals surface area contributed by atoms with E-state index in [1.807, 2.05) is 0 Å². The maximum Gasteiger partial charge on any atom is 0.343 e. The maximum atomic E-state index is 12.3. The molecule has 2 aromatic heterocycles. The van der Waals surface area contributed by atoms with E-state index in [0.29, 0.717) is 6.33 Å². The highest BCUT2D eigenvalue weighted by molar-refractivity contribution is 5.70. The Kier molecular flexibility index (Phi) is 5.96. The molecule has 0 saturated carbocycles. The van der Waals surface area contributed by atoms with Gasteiger partial charge in [0.1, 0.15) is 12.7 Å². The molecule has 0 amide bonds. The zero-order chi connectivity index (χ0) is 22.9. The van der Waals surface area contributed by atoms with Crippen LogP contribution < -0.4 is 5.56 Å². The Bertz CT molecular complexity index is 1110. The van der Waals surface area contributed by atoms with Gasteiger partial charge in [-0.25, -0.2) is 20.1 Å². The average Bonchev–Trinajstić information content (AvgIpc) is 3.22. The third-order valence-corrected chi connectivity index (χ3v) is 4.26. The van der Waals surface area contributed by atoms with Gasteiger partial charge in [0, 0.05) is 20.8 Å². The van der Waals surface area contributed by atoms with Crippen LogP contribution in [0.1, 0.15) is 27.0 Å². The molecule has 0 spiro atoms. The van der Waals surface area contributed by atoms with E-state index in [-0.39, 0.29) is 22.4 Å². The van der Waals surface area contributed by atoms with Gasteiger partial charge in [-0.05, 0) is 4.68 Å².